The van der Waals surface area contributed by atoms with E-state index in [1.54, 1.807) is 66.6 Å². The molecule has 0 radical (unpaired) electrons. The topological polar surface area (TPSA) is 129 Å². The molecule has 4 aromatic rings. The number of carbonyl (C=O) groups excluding carboxylic acids is 2. The molecule has 2 N–H and O–H groups in total. The lowest BCUT2D eigenvalue weighted by molar-refractivity contribution is 0.0388. The predicted octanol–water partition coefficient (Wildman–Crippen LogP) is 4.60. The molecule has 1 aliphatic rings. The Morgan fingerprint density at radius 1 is 1.14 bits per heavy atom. The van der Waals surface area contributed by atoms with E-state index in [4.69, 9.17) is 4.74 Å². The molecule has 3 atom stereocenters. The minimum Gasteiger partial charge on any atom is -0.486 e. The summed E-state index contributed by atoms with van der Waals surface area (Å²) >= 11 is 1.50. The summed E-state index contributed by atoms with van der Waals surface area (Å²) in [4.78, 5) is 33.2. The Morgan fingerprint density at radius 3 is 2.52 bits per heavy atom. The molecule has 1 aromatic heterocycles. The molecule has 44 heavy (non-hydrogen) atoms. The van der Waals surface area contributed by atoms with Crippen LogP contribution in [0, 0.1) is 5.92 Å². The third kappa shape index (κ3) is 6.53. The molecular weight excluding hydrogens is 601 g/mol. The number of para-hydroxylation sites is 1. The number of rotatable bonds is 9. The van der Waals surface area contributed by atoms with Crippen molar-refractivity contribution in [3.05, 3.63) is 95.5 Å². The number of aliphatic hydroxyl groups is 1. The number of carbonyl (C=O) groups is 2. The standard InChI is InChI=1S/C32H34N4O6S2/c1-21-18-36(22(2)20-37)32(39)26-10-7-11-27(34-30(38)23-12-14-24(15-13-23)31-33-16-17-43-31)29(26)42-28(21)19-35(3)44(40,41)25-8-5-4-6-9-25/h4-17,21-22,28,37H,18-20H2,1-3H3,(H,34,38)/t21-,22+,28-/m0/s1. The van der Waals surface area contributed by atoms with Gasteiger partial charge in [0.05, 0.1) is 35.3 Å². The zero-order valence-electron chi connectivity index (χ0n) is 24.6. The molecule has 0 bridgehead atoms. The molecule has 2 heterocycles. The van der Waals surface area contributed by atoms with Gasteiger partial charge in [-0.3, -0.25) is 9.59 Å². The molecule has 5 rings (SSSR count). The average molecular weight is 635 g/mol. The van der Waals surface area contributed by atoms with Crippen LogP contribution in [0.1, 0.15) is 34.6 Å². The maximum Gasteiger partial charge on any atom is 0.258 e. The lowest BCUT2D eigenvalue weighted by Gasteiger charge is -2.38. The highest BCUT2D eigenvalue weighted by molar-refractivity contribution is 7.89. The molecule has 10 nitrogen and oxygen atoms in total. The van der Waals surface area contributed by atoms with Crippen molar-refractivity contribution in [3.63, 3.8) is 0 Å². The summed E-state index contributed by atoms with van der Waals surface area (Å²) in [6, 6.07) is 19.5. The van der Waals surface area contributed by atoms with Crippen LogP contribution in [0.25, 0.3) is 10.6 Å². The Morgan fingerprint density at radius 2 is 1.86 bits per heavy atom. The van der Waals surface area contributed by atoms with Crippen molar-refractivity contribution in [1.29, 1.82) is 0 Å². The predicted molar refractivity (Wildman–Crippen MR) is 169 cm³/mol. The average Bonchev–Trinajstić information content (AvgIpc) is 3.58. The number of nitrogens with one attached hydrogen (secondary N) is 1. The van der Waals surface area contributed by atoms with Gasteiger partial charge in [-0.25, -0.2) is 13.4 Å². The number of anilines is 1. The van der Waals surface area contributed by atoms with Crippen LogP contribution in [0.4, 0.5) is 5.69 Å². The molecule has 0 unspecified atom stereocenters. The van der Waals surface area contributed by atoms with Crippen LogP contribution in [0.2, 0.25) is 0 Å². The van der Waals surface area contributed by atoms with Gasteiger partial charge in [0.2, 0.25) is 10.0 Å². The van der Waals surface area contributed by atoms with E-state index in [2.05, 4.69) is 10.3 Å². The van der Waals surface area contributed by atoms with Gasteiger partial charge in [0.1, 0.15) is 11.1 Å². The van der Waals surface area contributed by atoms with Crippen LogP contribution < -0.4 is 10.1 Å². The number of hydrogen-bond acceptors (Lipinski definition) is 8. The fraction of sp³-hybridized carbons (Fsp3) is 0.281. The fourth-order valence-corrected chi connectivity index (χ4v) is 6.86. The maximum absolute atomic E-state index is 13.8. The summed E-state index contributed by atoms with van der Waals surface area (Å²) in [5.41, 5.74) is 1.76. The largest absolute Gasteiger partial charge is 0.486 e. The van der Waals surface area contributed by atoms with Crippen molar-refractivity contribution >= 4 is 38.9 Å². The number of thiazole rings is 1. The second kappa shape index (κ2) is 13.3. The summed E-state index contributed by atoms with van der Waals surface area (Å²) in [6.45, 7) is 3.57. The van der Waals surface area contributed by atoms with Crippen molar-refractivity contribution in [1.82, 2.24) is 14.2 Å². The van der Waals surface area contributed by atoms with E-state index < -0.39 is 28.1 Å². The van der Waals surface area contributed by atoms with Crippen molar-refractivity contribution in [2.24, 2.45) is 5.92 Å². The van der Waals surface area contributed by atoms with Gasteiger partial charge in [0.25, 0.3) is 11.8 Å². The van der Waals surface area contributed by atoms with E-state index in [-0.39, 0.29) is 53.4 Å². The van der Waals surface area contributed by atoms with Crippen LogP contribution in [0.3, 0.4) is 0 Å². The number of benzene rings is 3. The van der Waals surface area contributed by atoms with Crippen molar-refractivity contribution in [2.45, 2.75) is 30.9 Å². The van der Waals surface area contributed by atoms with E-state index >= 15 is 0 Å². The monoisotopic (exact) mass is 634 g/mol. The van der Waals surface area contributed by atoms with Crippen molar-refractivity contribution < 1.29 is 27.9 Å². The Balaban J connectivity index is 1.47. The Labute approximate surface area is 261 Å². The zero-order chi connectivity index (χ0) is 31.4. The van der Waals surface area contributed by atoms with E-state index in [0.717, 1.165) is 10.6 Å². The third-order valence-electron chi connectivity index (χ3n) is 7.65. The number of aliphatic hydroxyl groups excluding tert-OH is 1. The van der Waals surface area contributed by atoms with Crippen molar-refractivity contribution in [3.8, 4) is 16.3 Å². The van der Waals surface area contributed by atoms with E-state index in [9.17, 15) is 23.1 Å². The highest BCUT2D eigenvalue weighted by Crippen LogP contribution is 2.35. The first-order valence-electron chi connectivity index (χ1n) is 14.1. The summed E-state index contributed by atoms with van der Waals surface area (Å²) in [5, 5.41) is 15.6. The molecule has 0 saturated carbocycles. The van der Waals surface area contributed by atoms with Gasteiger partial charge in [0, 0.05) is 42.2 Å². The first-order chi connectivity index (χ1) is 21.1. The highest BCUT2D eigenvalue weighted by Gasteiger charge is 2.36. The van der Waals surface area contributed by atoms with Crippen LogP contribution >= 0.6 is 11.3 Å². The second-order valence-electron chi connectivity index (χ2n) is 10.8. The Bertz CT molecular complexity index is 1710. The van der Waals surface area contributed by atoms with Gasteiger partial charge in [-0.2, -0.15) is 4.31 Å². The van der Waals surface area contributed by atoms with Crippen LogP contribution in [0.5, 0.6) is 5.75 Å². The molecule has 0 saturated heterocycles. The molecular formula is C32H34N4O6S2. The molecule has 0 fully saturated rings. The SMILES string of the molecule is C[C@H](CO)N1C[C@H](C)[C@H](CN(C)S(=O)(=O)c2ccccc2)Oc2c(NC(=O)c3ccc(-c4nccs4)cc3)cccc2C1=O. The first kappa shape index (κ1) is 31.3. The lowest BCUT2D eigenvalue weighted by atomic mass is 9.99. The number of sulfonamides is 1. The maximum atomic E-state index is 13.8. The number of likely N-dealkylation sites (N-methyl/N-ethyl adjacent to an activating group) is 1. The number of fused-ring (bicyclic) bond motifs is 1. The third-order valence-corrected chi connectivity index (χ3v) is 10.3. The van der Waals surface area contributed by atoms with E-state index in [1.165, 1.54) is 34.8 Å². The van der Waals surface area contributed by atoms with Crippen LogP contribution in [-0.4, -0.2) is 78.4 Å². The number of aromatic nitrogens is 1. The normalized spacial score (nSPS) is 17.8. The van der Waals surface area contributed by atoms with Crippen molar-refractivity contribution in [2.75, 3.05) is 32.1 Å². The van der Waals surface area contributed by atoms with Gasteiger partial charge in [-0.15, -0.1) is 11.3 Å². The van der Waals surface area contributed by atoms with Gasteiger partial charge in [0.15, 0.2) is 5.75 Å². The molecule has 12 heteroatoms. The summed E-state index contributed by atoms with van der Waals surface area (Å²) in [6.07, 6.45) is 1.02. The summed E-state index contributed by atoms with van der Waals surface area (Å²) in [7, 11) is -2.34. The summed E-state index contributed by atoms with van der Waals surface area (Å²) < 4.78 is 34.4. The second-order valence-corrected chi connectivity index (χ2v) is 13.7. The van der Waals surface area contributed by atoms with Crippen LogP contribution in [-0.2, 0) is 10.0 Å². The van der Waals surface area contributed by atoms with Gasteiger partial charge in [-0.1, -0.05) is 43.3 Å². The quantitative estimate of drug-likeness (QED) is 0.275. The molecule has 0 aliphatic carbocycles. The van der Waals surface area contributed by atoms with E-state index in [0.29, 0.717) is 5.56 Å². The van der Waals surface area contributed by atoms with Gasteiger partial charge in [-0.05, 0) is 43.3 Å². The highest BCUT2D eigenvalue weighted by atomic mass is 32.2. The molecule has 3 aromatic carbocycles. The fourth-order valence-electron chi connectivity index (χ4n) is 5.01. The molecule has 1 aliphatic heterocycles. The lowest BCUT2D eigenvalue weighted by Crippen LogP contribution is -2.50. The number of ether oxygens (including phenoxy) is 1. The van der Waals surface area contributed by atoms with E-state index in [1.807, 2.05) is 24.4 Å². The Hall–Kier alpha value is -4.10. The number of nitrogens with zero attached hydrogens (tertiary/aromatic N) is 3. The molecule has 230 valence electrons. The zero-order valence-corrected chi connectivity index (χ0v) is 26.2. The molecule has 0 spiro atoms. The smallest absolute Gasteiger partial charge is 0.258 e. The minimum absolute atomic E-state index is 0.0200. The number of hydrogen-bond donors (Lipinski definition) is 2. The van der Waals surface area contributed by atoms with Gasteiger partial charge >= 0.3 is 0 Å². The van der Waals surface area contributed by atoms with Gasteiger partial charge < -0.3 is 20.1 Å². The first-order valence-corrected chi connectivity index (χ1v) is 16.5. The Kier molecular flexibility index (Phi) is 9.45. The summed E-state index contributed by atoms with van der Waals surface area (Å²) in [5.74, 6) is -0.962. The minimum atomic E-state index is -3.83. The molecule has 2 amide bonds. The number of amides is 2. The van der Waals surface area contributed by atoms with Crippen LogP contribution in [0.15, 0.2) is 89.3 Å².